The van der Waals surface area contributed by atoms with Gasteiger partial charge in [-0.05, 0) is 64.0 Å². The third kappa shape index (κ3) is 3.27. The van der Waals surface area contributed by atoms with E-state index in [-0.39, 0.29) is 0 Å². The van der Waals surface area contributed by atoms with Crippen LogP contribution in [0.15, 0.2) is 12.4 Å². The first-order valence-electron chi connectivity index (χ1n) is 10.6. The normalized spacial score (nSPS) is 30.5. The van der Waals surface area contributed by atoms with Crippen molar-refractivity contribution in [3.8, 4) is 0 Å². The Morgan fingerprint density at radius 2 is 1.78 bits per heavy atom. The summed E-state index contributed by atoms with van der Waals surface area (Å²) in [5.74, 6) is 1.64. The van der Waals surface area contributed by atoms with Crippen molar-refractivity contribution < 1.29 is 4.79 Å². The highest BCUT2D eigenvalue weighted by atomic mass is 16.1. The molecule has 4 aliphatic rings. The molecule has 27 heavy (non-hydrogen) atoms. The number of carbonyl (C=O) groups excluding carboxylic acids is 1. The second kappa shape index (κ2) is 6.82. The van der Waals surface area contributed by atoms with Gasteiger partial charge in [0.2, 0.25) is 5.95 Å². The number of carbonyl (C=O) groups is 1. The third-order valence-corrected chi connectivity index (χ3v) is 7.56. The zero-order chi connectivity index (χ0) is 18.4. The van der Waals surface area contributed by atoms with Crippen molar-refractivity contribution in [2.75, 3.05) is 31.1 Å². The summed E-state index contributed by atoms with van der Waals surface area (Å²) >= 11 is 0. The maximum atomic E-state index is 11.5. The smallest absolute Gasteiger partial charge is 0.225 e. The van der Waals surface area contributed by atoms with Gasteiger partial charge in [0.25, 0.3) is 0 Å². The Labute approximate surface area is 161 Å². The lowest BCUT2D eigenvalue weighted by Crippen LogP contribution is -2.52. The molecule has 1 aromatic heterocycles. The SMILES string of the molecule is CC(=O)C1CC2(CCN(Cc3cnc(N4C5CCC4CNC5)nc3)CC2)C1. The van der Waals surface area contributed by atoms with Crippen molar-refractivity contribution in [1.82, 2.24) is 20.2 Å². The summed E-state index contributed by atoms with van der Waals surface area (Å²) in [6, 6.07) is 1.13. The molecule has 2 unspecified atom stereocenters. The molecule has 1 aromatic rings. The van der Waals surface area contributed by atoms with Crippen molar-refractivity contribution >= 4 is 11.7 Å². The third-order valence-electron chi connectivity index (χ3n) is 7.56. The van der Waals surface area contributed by atoms with E-state index in [0.717, 1.165) is 51.5 Å². The maximum absolute atomic E-state index is 11.5. The summed E-state index contributed by atoms with van der Waals surface area (Å²) in [6.45, 7) is 7.08. The van der Waals surface area contributed by atoms with E-state index >= 15 is 0 Å². The molecule has 6 heteroatoms. The lowest BCUT2D eigenvalue weighted by Gasteiger charge is -2.51. The zero-order valence-corrected chi connectivity index (χ0v) is 16.4. The van der Waals surface area contributed by atoms with Gasteiger partial charge in [0.15, 0.2) is 0 Å². The molecular formula is C21H31N5O. The predicted octanol–water partition coefficient (Wildman–Crippen LogP) is 2.00. The van der Waals surface area contributed by atoms with Crippen molar-refractivity contribution in [3.63, 3.8) is 0 Å². The fraction of sp³-hybridized carbons (Fsp3) is 0.762. The molecule has 5 rings (SSSR count). The van der Waals surface area contributed by atoms with Crippen LogP contribution in [0.4, 0.5) is 5.95 Å². The number of rotatable bonds is 4. The monoisotopic (exact) mass is 369 g/mol. The molecule has 1 N–H and O–H groups in total. The number of piperazine rings is 1. The highest BCUT2D eigenvalue weighted by Gasteiger charge is 2.47. The molecule has 6 nitrogen and oxygen atoms in total. The first-order valence-corrected chi connectivity index (χ1v) is 10.6. The Hall–Kier alpha value is -1.53. The summed E-state index contributed by atoms with van der Waals surface area (Å²) in [7, 11) is 0. The van der Waals surface area contributed by atoms with Crippen LogP contribution in [0, 0.1) is 11.3 Å². The molecule has 0 radical (unpaired) electrons. The predicted molar refractivity (Wildman–Crippen MR) is 105 cm³/mol. The van der Waals surface area contributed by atoms with Crippen molar-refractivity contribution in [3.05, 3.63) is 18.0 Å². The van der Waals surface area contributed by atoms with Crippen molar-refractivity contribution in [2.24, 2.45) is 11.3 Å². The topological polar surface area (TPSA) is 61.4 Å². The summed E-state index contributed by atoms with van der Waals surface area (Å²) < 4.78 is 0. The first kappa shape index (κ1) is 17.6. The molecule has 4 fully saturated rings. The van der Waals surface area contributed by atoms with Crippen LogP contribution in [0.25, 0.3) is 0 Å². The zero-order valence-electron chi connectivity index (χ0n) is 16.4. The van der Waals surface area contributed by atoms with Crippen LogP contribution in [0.2, 0.25) is 0 Å². The van der Waals surface area contributed by atoms with E-state index in [0.29, 0.717) is 29.2 Å². The molecule has 146 valence electrons. The Bertz CT molecular complexity index is 673. The van der Waals surface area contributed by atoms with Gasteiger partial charge < -0.3 is 10.2 Å². The lowest BCUT2D eigenvalue weighted by molar-refractivity contribution is -0.130. The fourth-order valence-corrected chi connectivity index (χ4v) is 5.79. The van der Waals surface area contributed by atoms with Crippen LogP contribution in [0.3, 0.4) is 0 Å². The number of aromatic nitrogens is 2. The Kier molecular flexibility index (Phi) is 4.43. The van der Waals surface area contributed by atoms with E-state index in [9.17, 15) is 4.79 Å². The lowest BCUT2D eigenvalue weighted by atomic mass is 9.56. The number of piperidine rings is 1. The van der Waals surface area contributed by atoms with Gasteiger partial charge in [0, 0.05) is 55.6 Å². The van der Waals surface area contributed by atoms with Gasteiger partial charge in [-0.2, -0.15) is 0 Å². The number of anilines is 1. The van der Waals surface area contributed by atoms with E-state index in [2.05, 4.69) is 15.1 Å². The van der Waals surface area contributed by atoms with Crippen molar-refractivity contribution in [2.45, 2.75) is 64.1 Å². The number of hydrogen-bond donors (Lipinski definition) is 1. The van der Waals surface area contributed by atoms with E-state index < -0.39 is 0 Å². The molecule has 1 aliphatic carbocycles. The summed E-state index contributed by atoms with van der Waals surface area (Å²) in [5, 5.41) is 3.51. The van der Waals surface area contributed by atoms with Gasteiger partial charge in [0.05, 0.1) is 0 Å². The van der Waals surface area contributed by atoms with Gasteiger partial charge in [-0.3, -0.25) is 9.69 Å². The number of nitrogens with zero attached hydrogens (tertiary/aromatic N) is 4. The van der Waals surface area contributed by atoms with Gasteiger partial charge in [-0.1, -0.05) is 0 Å². The summed E-state index contributed by atoms with van der Waals surface area (Å²) in [4.78, 5) is 25.9. The molecular weight excluding hydrogens is 338 g/mol. The summed E-state index contributed by atoms with van der Waals surface area (Å²) in [5.41, 5.74) is 1.68. The Morgan fingerprint density at radius 3 is 2.37 bits per heavy atom. The standard InChI is InChI=1S/C21H31N5O/c1-15(27)17-8-21(9-17)4-6-25(7-5-21)14-16-10-23-20(24-11-16)26-18-2-3-19(26)13-22-12-18/h10-11,17-19,22H,2-9,12-14H2,1H3. The van der Waals surface area contributed by atoms with Crippen LogP contribution >= 0.6 is 0 Å². The maximum Gasteiger partial charge on any atom is 0.225 e. The van der Waals surface area contributed by atoms with Crippen molar-refractivity contribution in [1.29, 1.82) is 0 Å². The second-order valence-electron chi connectivity index (χ2n) is 9.33. The molecule has 0 amide bonds. The minimum absolute atomic E-state index is 0.345. The molecule has 4 heterocycles. The van der Waals surface area contributed by atoms with Crippen LogP contribution < -0.4 is 10.2 Å². The van der Waals surface area contributed by atoms with Crippen LogP contribution in [0.1, 0.15) is 51.0 Å². The first-order chi connectivity index (χ1) is 13.1. The minimum Gasteiger partial charge on any atom is -0.332 e. The fourth-order valence-electron chi connectivity index (χ4n) is 5.79. The quantitative estimate of drug-likeness (QED) is 0.876. The number of fused-ring (bicyclic) bond motifs is 2. The van der Waals surface area contributed by atoms with Crippen LogP contribution in [-0.2, 0) is 11.3 Å². The molecule has 3 saturated heterocycles. The molecule has 2 atom stereocenters. The number of ketones is 1. The molecule has 1 saturated carbocycles. The minimum atomic E-state index is 0.345. The Morgan fingerprint density at radius 1 is 1.15 bits per heavy atom. The number of nitrogens with one attached hydrogen (secondary N) is 1. The van der Waals surface area contributed by atoms with Gasteiger partial charge in [-0.15, -0.1) is 0 Å². The Balaban J connectivity index is 1.15. The summed E-state index contributed by atoms with van der Waals surface area (Å²) in [6.07, 6.45) is 11.3. The van der Waals surface area contributed by atoms with Gasteiger partial charge >= 0.3 is 0 Å². The second-order valence-corrected chi connectivity index (χ2v) is 9.33. The average Bonchev–Trinajstić information content (AvgIpc) is 2.89. The van der Waals surface area contributed by atoms with E-state index in [4.69, 9.17) is 9.97 Å². The highest BCUT2D eigenvalue weighted by molar-refractivity contribution is 5.79. The molecule has 1 spiro atoms. The van der Waals surface area contributed by atoms with E-state index in [1.54, 1.807) is 6.92 Å². The average molecular weight is 370 g/mol. The van der Waals surface area contributed by atoms with Gasteiger partial charge in [-0.25, -0.2) is 9.97 Å². The van der Waals surface area contributed by atoms with Crippen LogP contribution in [-0.4, -0.2) is 58.9 Å². The van der Waals surface area contributed by atoms with Gasteiger partial charge in [0.1, 0.15) is 5.78 Å². The molecule has 3 aliphatic heterocycles. The molecule has 2 bridgehead atoms. The number of Topliss-reactive ketones (excluding diaryl/α,β-unsaturated/α-hetero) is 1. The van der Waals surface area contributed by atoms with Crippen LogP contribution in [0.5, 0.6) is 0 Å². The van der Waals surface area contributed by atoms with E-state index in [1.165, 1.54) is 31.2 Å². The molecule has 0 aromatic carbocycles. The number of likely N-dealkylation sites (tertiary alicyclic amines) is 1. The highest BCUT2D eigenvalue weighted by Crippen LogP contribution is 2.52. The largest absolute Gasteiger partial charge is 0.332 e. The van der Waals surface area contributed by atoms with E-state index in [1.807, 2.05) is 12.4 Å². The number of hydrogen-bond acceptors (Lipinski definition) is 6.